The largest absolute Gasteiger partial charge is 0.334 e. The molecule has 1 fully saturated rings. The first-order valence-electron chi connectivity index (χ1n) is 6.67. The van der Waals surface area contributed by atoms with Gasteiger partial charge in [-0.3, -0.25) is 5.32 Å². The van der Waals surface area contributed by atoms with Gasteiger partial charge in [-0.25, -0.2) is 4.99 Å². The number of rotatable bonds is 1. The Hall–Kier alpha value is -1.77. The molecule has 1 saturated heterocycles. The average molecular weight is 292 g/mol. The Bertz CT molecular complexity index is 531. The lowest BCUT2D eigenvalue weighted by Crippen LogP contribution is -2.50. The van der Waals surface area contributed by atoms with Gasteiger partial charge in [0, 0.05) is 12.6 Å². The number of hydrogen-bond donors (Lipinski definition) is 2. The summed E-state index contributed by atoms with van der Waals surface area (Å²) in [4.78, 5) is 6.81. The van der Waals surface area contributed by atoms with Gasteiger partial charge in [-0.15, -0.1) is 12.4 Å². The van der Waals surface area contributed by atoms with Gasteiger partial charge in [0.2, 0.25) is 5.96 Å². The summed E-state index contributed by atoms with van der Waals surface area (Å²) in [6.45, 7) is 2.89. The maximum absolute atomic E-state index is 8.90. The van der Waals surface area contributed by atoms with Crippen molar-refractivity contribution in [1.29, 1.82) is 5.26 Å². The highest BCUT2D eigenvalue weighted by molar-refractivity contribution is 5.86. The maximum Gasteiger partial charge on any atom is 0.213 e. The Labute approximate surface area is 125 Å². The van der Waals surface area contributed by atoms with E-state index in [1.54, 1.807) is 0 Å². The standard InChI is InChI=1S/C14H17N5.ClH/c15-10-17-14-18-13-4-2-1-3-11(13)9-19(14)12-5-7-16-8-6-12;/h1-4,12,16H,5-9H2,(H,17,18);1H. The molecule has 20 heavy (non-hydrogen) atoms. The molecular weight excluding hydrogens is 274 g/mol. The predicted molar refractivity (Wildman–Crippen MR) is 81.0 cm³/mol. The molecule has 0 atom stereocenters. The SMILES string of the molecule is Cl.N#CNC1=Nc2ccccc2CN1C1CCNCC1. The third-order valence-electron chi connectivity index (χ3n) is 3.75. The molecule has 1 aromatic carbocycles. The molecule has 2 aliphatic heterocycles. The van der Waals surface area contributed by atoms with Crippen LogP contribution in [0.5, 0.6) is 0 Å². The van der Waals surface area contributed by atoms with E-state index >= 15 is 0 Å². The number of fused-ring (bicyclic) bond motifs is 1. The molecule has 0 radical (unpaired) electrons. The van der Waals surface area contributed by atoms with E-state index in [0.29, 0.717) is 12.0 Å². The second-order valence-corrected chi connectivity index (χ2v) is 4.91. The van der Waals surface area contributed by atoms with Crippen molar-refractivity contribution < 1.29 is 0 Å². The van der Waals surface area contributed by atoms with E-state index in [1.165, 1.54) is 5.56 Å². The number of halogens is 1. The Morgan fingerprint density at radius 1 is 1.30 bits per heavy atom. The van der Waals surface area contributed by atoms with Gasteiger partial charge in [-0.2, -0.15) is 5.26 Å². The summed E-state index contributed by atoms with van der Waals surface area (Å²) >= 11 is 0. The number of guanidine groups is 1. The van der Waals surface area contributed by atoms with Gasteiger partial charge in [0.1, 0.15) is 0 Å². The minimum Gasteiger partial charge on any atom is -0.334 e. The third kappa shape index (κ3) is 2.87. The van der Waals surface area contributed by atoms with Crippen LogP contribution in [0.25, 0.3) is 0 Å². The van der Waals surface area contributed by atoms with E-state index in [1.807, 2.05) is 24.4 Å². The first-order chi connectivity index (χ1) is 9.38. The van der Waals surface area contributed by atoms with Gasteiger partial charge in [-0.05, 0) is 37.6 Å². The minimum atomic E-state index is 0. The monoisotopic (exact) mass is 291 g/mol. The number of benzene rings is 1. The lowest BCUT2D eigenvalue weighted by Gasteiger charge is -2.38. The van der Waals surface area contributed by atoms with E-state index in [0.717, 1.165) is 38.2 Å². The molecular formula is C14H18ClN5. The Morgan fingerprint density at radius 2 is 2.05 bits per heavy atom. The molecule has 0 unspecified atom stereocenters. The number of para-hydroxylation sites is 1. The zero-order valence-electron chi connectivity index (χ0n) is 11.2. The zero-order chi connectivity index (χ0) is 13.1. The van der Waals surface area contributed by atoms with E-state index in [4.69, 9.17) is 5.26 Å². The fraction of sp³-hybridized carbons (Fsp3) is 0.429. The first-order valence-corrected chi connectivity index (χ1v) is 6.67. The average Bonchev–Trinajstić information content (AvgIpc) is 2.48. The molecule has 5 nitrogen and oxygen atoms in total. The van der Waals surface area contributed by atoms with Crippen molar-refractivity contribution in [2.24, 2.45) is 4.99 Å². The summed E-state index contributed by atoms with van der Waals surface area (Å²) in [7, 11) is 0. The molecule has 0 aliphatic carbocycles. The molecule has 0 aromatic heterocycles. The van der Waals surface area contributed by atoms with E-state index < -0.39 is 0 Å². The topological polar surface area (TPSA) is 63.5 Å². The number of nitriles is 1. The highest BCUT2D eigenvalue weighted by atomic mass is 35.5. The number of hydrogen-bond acceptors (Lipinski definition) is 5. The van der Waals surface area contributed by atoms with E-state index in [9.17, 15) is 0 Å². The highest BCUT2D eigenvalue weighted by Crippen LogP contribution is 2.28. The van der Waals surface area contributed by atoms with Crippen LogP contribution < -0.4 is 10.6 Å². The lowest BCUT2D eigenvalue weighted by atomic mass is 10.0. The molecule has 106 valence electrons. The van der Waals surface area contributed by atoms with E-state index in [2.05, 4.69) is 26.6 Å². The second-order valence-electron chi connectivity index (χ2n) is 4.91. The predicted octanol–water partition coefficient (Wildman–Crippen LogP) is 1.73. The molecule has 0 saturated carbocycles. The van der Waals surface area contributed by atoms with Crippen molar-refractivity contribution in [2.75, 3.05) is 13.1 Å². The molecule has 2 N–H and O–H groups in total. The van der Waals surface area contributed by atoms with Crippen molar-refractivity contribution in [1.82, 2.24) is 15.5 Å². The van der Waals surface area contributed by atoms with Crippen LogP contribution >= 0.6 is 12.4 Å². The van der Waals surface area contributed by atoms with Gasteiger partial charge in [0.05, 0.1) is 5.69 Å². The number of aliphatic imine (C=N–C) groups is 1. The minimum absolute atomic E-state index is 0. The van der Waals surface area contributed by atoms with Crippen molar-refractivity contribution in [3.8, 4) is 6.19 Å². The van der Waals surface area contributed by atoms with Crippen LogP contribution in [0.3, 0.4) is 0 Å². The van der Waals surface area contributed by atoms with Crippen LogP contribution in [0, 0.1) is 11.5 Å². The number of nitrogens with one attached hydrogen (secondary N) is 2. The van der Waals surface area contributed by atoms with Crippen molar-refractivity contribution in [2.45, 2.75) is 25.4 Å². The Balaban J connectivity index is 0.00000147. The van der Waals surface area contributed by atoms with Crippen LogP contribution in [0.1, 0.15) is 18.4 Å². The molecule has 1 aromatic rings. The fourth-order valence-corrected chi connectivity index (χ4v) is 2.76. The van der Waals surface area contributed by atoms with E-state index in [-0.39, 0.29) is 12.4 Å². The molecule has 0 amide bonds. The van der Waals surface area contributed by atoms with Crippen LogP contribution in [-0.2, 0) is 6.54 Å². The van der Waals surface area contributed by atoms with Gasteiger partial charge < -0.3 is 10.2 Å². The van der Waals surface area contributed by atoms with Gasteiger partial charge >= 0.3 is 0 Å². The van der Waals surface area contributed by atoms with Crippen LogP contribution in [0.4, 0.5) is 5.69 Å². The van der Waals surface area contributed by atoms with Crippen molar-refractivity contribution in [3.63, 3.8) is 0 Å². The summed E-state index contributed by atoms with van der Waals surface area (Å²) in [6, 6.07) is 8.57. The molecule has 2 aliphatic rings. The van der Waals surface area contributed by atoms with Gasteiger partial charge in [0.25, 0.3) is 0 Å². The number of nitrogens with zero attached hydrogens (tertiary/aromatic N) is 3. The summed E-state index contributed by atoms with van der Waals surface area (Å²) < 4.78 is 0. The van der Waals surface area contributed by atoms with Crippen LogP contribution in [-0.4, -0.2) is 30.0 Å². The molecule has 0 bridgehead atoms. The van der Waals surface area contributed by atoms with Crippen LogP contribution in [0.2, 0.25) is 0 Å². The maximum atomic E-state index is 8.90. The third-order valence-corrected chi connectivity index (χ3v) is 3.75. The molecule has 0 spiro atoms. The molecule has 6 heteroatoms. The normalized spacial score (nSPS) is 18.4. The van der Waals surface area contributed by atoms with Crippen molar-refractivity contribution in [3.05, 3.63) is 29.8 Å². The molecule has 2 heterocycles. The summed E-state index contributed by atoms with van der Waals surface area (Å²) in [6.07, 6.45) is 4.18. The van der Waals surface area contributed by atoms with Gasteiger partial charge in [-0.1, -0.05) is 18.2 Å². The van der Waals surface area contributed by atoms with Crippen LogP contribution in [0.15, 0.2) is 29.3 Å². The summed E-state index contributed by atoms with van der Waals surface area (Å²) in [5.74, 6) is 0.688. The quantitative estimate of drug-likeness (QED) is 0.611. The zero-order valence-corrected chi connectivity index (χ0v) is 12.0. The fourth-order valence-electron chi connectivity index (χ4n) is 2.76. The number of piperidine rings is 1. The van der Waals surface area contributed by atoms with Crippen molar-refractivity contribution >= 4 is 24.1 Å². The van der Waals surface area contributed by atoms with Gasteiger partial charge in [0.15, 0.2) is 6.19 Å². The highest BCUT2D eigenvalue weighted by Gasteiger charge is 2.27. The second kappa shape index (κ2) is 6.60. The Kier molecular flexibility index (Phi) is 4.83. The first kappa shape index (κ1) is 14.6. The molecule has 3 rings (SSSR count). The Morgan fingerprint density at radius 3 is 2.80 bits per heavy atom. The summed E-state index contributed by atoms with van der Waals surface area (Å²) in [5, 5.41) is 15.0. The smallest absolute Gasteiger partial charge is 0.213 e. The lowest BCUT2D eigenvalue weighted by molar-refractivity contribution is 0.239. The summed E-state index contributed by atoms with van der Waals surface area (Å²) in [5.41, 5.74) is 2.19.